The third kappa shape index (κ3) is 19.0. The van der Waals surface area contributed by atoms with E-state index < -0.39 is 0 Å². The highest BCUT2D eigenvalue weighted by Gasteiger charge is 1.87. The van der Waals surface area contributed by atoms with Crippen molar-refractivity contribution in [2.75, 3.05) is 14.2 Å². The first-order chi connectivity index (χ1) is 4.22. The summed E-state index contributed by atoms with van der Waals surface area (Å²) in [5.41, 5.74) is 4.15. The Labute approximate surface area is 55.2 Å². The molecule has 0 aromatic carbocycles. The Hall–Kier alpha value is -0.790. The van der Waals surface area contributed by atoms with E-state index in [4.69, 9.17) is 5.26 Å². The number of nitrogens with two attached hydrogens (primary N) is 1. The van der Waals surface area contributed by atoms with Gasteiger partial charge in [-0.05, 0) is 6.92 Å². The molecule has 4 heteroatoms. The number of rotatable bonds is 2. The van der Waals surface area contributed by atoms with Crippen LogP contribution in [0.5, 0.6) is 0 Å². The highest BCUT2D eigenvalue weighted by molar-refractivity contribution is 4.46. The average Bonchev–Trinajstić information content (AvgIpc) is 1.88. The van der Waals surface area contributed by atoms with Gasteiger partial charge in [-0.25, -0.2) is 0 Å². The molecule has 2 N–H and O–H groups in total. The lowest BCUT2D eigenvalue weighted by Crippen LogP contribution is -2.05. The fraction of sp³-hybridized carbons (Fsp3) is 0.800. The monoisotopic (exact) mass is 132 g/mol. The number of hydrogen-bond donors (Lipinski definition) is 1. The Balaban J connectivity index is 0. The molecule has 54 valence electrons. The highest BCUT2D eigenvalue weighted by Crippen LogP contribution is 1.82. The normalized spacial score (nSPS) is 7.44. The summed E-state index contributed by atoms with van der Waals surface area (Å²) < 4.78 is 9.35. The molecule has 0 radical (unpaired) electrons. The van der Waals surface area contributed by atoms with Crippen molar-refractivity contribution in [2.45, 2.75) is 13.2 Å². The van der Waals surface area contributed by atoms with E-state index in [1.807, 2.05) is 6.92 Å². The van der Waals surface area contributed by atoms with Crippen LogP contribution in [0.4, 0.5) is 0 Å². The molecule has 0 aliphatic carbocycles. The van der Waals surface area contributed by atoms with Crippen LogP contribution in [0, 0.1) is 11.5 Å². The van der Waals surface area contributed by atoms with Gasteiger partial charge in [-0.3, -0.25) is 0 Å². The summed E-state index contributed by atoms with van der Waals surface area (Å²) in [5, 5.41) is 7.10. The second kappa shape index (κ2) is 10.2. The highest BCUT2D eigenvalue weighted by atomic mass is 16.7. The molecular formula is C5H12N2O2. The average molecular weight is 132 g/mol. The maximum absolute atomic E-state index is 7.10. The molecule has 0 aromatic rings. The van der Waals surface area contributed by atoms with Crippen LogP contribution in [-0.4, -0.2) is 20.5 Å². The Bertz CT molecular complexity index is 75.5. The maximum Gasteiger partial charge on any atom is 0.173 e. The second-order valence-electron chi connectivity index (χ2n) is 1.17. The van der Waals surface area contributed by atoms with Gasteiger partial charge >= 0.3 is 0 Å². The minimum Gasteiger partial charge on any atom is -0.356 e. The van der Waals surface area contributed by atoms with E-state index in [1.54, 1.807) is 14.2 Å². The summed E-state index contributed by atoms with van der Waals surface area (Å²) in [6.45, 7) is 1.83. The van der Waals surface area contributed by atoms with Crippen molar-refractivity contribution in [1.82, 2.24) is 0 Å². The van der Waals surface area contributed by atoms with Crippen molar-refractivity contribution in [3.8, 4) is 6.19 Å². The number of ether oxygens (including phenoxy) is 2. The Morgan fingerprint density at radius 3 is 1.67 bits per heavy atom. The molecule has 0 heterocycles. The first-order valence-electron chi connectivity index (χ1n) is 2.38. The van der Waals surface area contributed by atoms with Crippen LogP contribution < -0.4 is 5.73 Å². The van der Waals surface area contributed by atoms with Gasteiger partial charge in [-0.15, -0.1) is 0 Å². The molecule has 0 saturated heterocycles. The van der Waals surface area contributed by atoms with E-state index in [1.165, 1.54) is 6.19 Å². The lowest BCUT2D eigenvalue weighted by atomic mass is 10.8. The third-order valence-corrected chi connectivity index (χ3v) is 0.664. The summed E-state index contributed by atoms with van der Waals surface area (Å²) >= 11 is 0. The molecular weight excluding hydrogens is 120 g/mol. The Morgan fingerprint density at radius 2 is 1.67 bits per heavy atom. The lowest BCUT2D eigenvalue weighted by molar-refractivity contribution is -0.0877. The number of hydrogen-bond acceptors (Lipinski definition) is 4. The van der Waals surface area contributed by atoms with E-state index in [-0.39, 0.29) is 6.29 Å². The van der Waals surface area contributed by atoms with E-state index in [0.29, 0.717) is 0 Å². The van der Waals surface area contributed by atoms with Crippen molar-refractivity contribution < 1.29 is 9.47 Å². The lowest BCUT2D eigenvalue weighted by Gasteiger charge is -2.03. The molecule has 0 unspecified atom stereocenters. The summed E-state index contributed by atoms with van der Waals surface area (Å²) in [5.74, 6) is 0. The third-order valence-electron chi connectivity index (χ3n) is 0.664. The molecule has 0 rings (SSSR count). The molecule has 0 aromatic heterocycles. The zero-order chi connectivity index (χ0) is 7.70. The smallest absolute Gasteiger partial charge is 0.173 e. The SMILES string of the molecule is COC(C)OC.N#CN. The summed E-state index contributed by atoms with van der Waals surface area (Å²) in [7, 11) is 3.21. The zero-order valence-electron chi connectivity index (χ0n) is 5.92. The standard InChI is InChI=1S/C4H10O2.CH2N2/c1-4(5-2)6-3;2-1-3/h4H,1-3H3;2H2. The van der Waals surface area contributed by atoms with Crippen LogP contribution in [0.25, 0.3) is 0 Å². The molecule has 4 nitrogen and oxygen atoms in total. The largest absolute Gasteiger partial charge is 0.356 e. The van der Waals surface area contributed by atoms with Crippen molar-refractivity contribution in [3.63, 3.8) is 0 Å². The second-order valence-corrected chi connectivity index (χ2v) is 1.17. The first-order valence-corrected chi connectivity index (χ1v) is 2.38. The van der Waals surface area contributed by atoms with Crippen molar-refractivity contribution in [3.05, 3.63) is 0 Å². The van der Waals surface area contributed by atoms with Crippen molar-refractivity contribution >= 4 is 0 Å². The molecule has 0 amide bonds. The van der Waals surface area contributed by atoms with E-state index >= 15 is 0 Å². The minimum absolute atomic E-state index is 0.0648. The van der Waals surface area contributed by atoms with E-state index in [0.717, 1.165) is 0 Å². The molecule has 0 fully saturated rings. The van der Waals surface area contributed by atoms with Gasteiger partial charge < -0.3 is 15.2 Å². The van der Waals surface area contributed by atoms with Crippen LogP contribution in [-0.2, 0) is 9.47 Å². The van der Waals surface area contributed by atoms with Crippen molar-refractivity contribution in [1.29, 1.82) is 5.26 Å². The maximum atomic E-state index is 7.10. The Morgan fingerprint density at radius 1 is 1.44 bits per heavy atom. The predicted molar refractivity (Wildman–Crippen MR) is 33.3 cm³/mol. The van der Waals surface area contributed by atoms with E-state index in [9.17, 15) is 0 Å². The molecule has 0 atom stereocenters. The summed E-state index contributed by atoms with van der Waals surface area (Å²) in [6.07, 6.45) is 1.19. The molecule has 0 bridgehead atoms. The summed E-state index contributed by atoms with van der Waals surface area (Å²) in [6, 6.07) is 0. The van der Waals surface area contributed by atoms with Gasteiger partial charge in [0.05, 0.1) is 0 Å². The van der Waals surface area contributed by atoms with E-state index in [2.05, 4.69) is 15.2 Å². The van der Waals surface area contributed by atoms with Gasteiger partial charge in [-0.2, -0.15) is 5.26 Å². The number of methoxy groups -OCH3 is 2. The topological polar surface area (TPSA) is 68.3 Å². The quantitative estimate of drug-likeness (QED) is 0.327. The molecule has 9 heavy (non-hydrogen) atoms. The Kier molecular flexibility index (Phi) is 12.6. The molecule has 0 aliphatic rings. The van der Waals surface area contributed by atoms with Crippen molar-refractivity contribution in [2.24, 2.45) is 5.73 Å². The van der Waals surface area contributed by atoms with Crippen LogP contribution in [0.3, 0.4) is 0 Å². The molecule has 0 spiro atoms. The van der Waals surface area contributed by atoms with Gasteiger partial charge in [-0.1, -0.05) is 0 Å². The summed E-state index contributed by atoms with van der Waals surface area (Å²) in [4.78, 5) is 0. The van der Waals surface area contributed by atoms with Gasteiger partial charge in [0.25, 0.3) is 0 Å². The van der Waals surface area contributed by atoms with Crippen LogP contribution in [0.2, 0.25) is 0 Å². The van der Waals surface area contributed by atoms with Gasteiger partial charge in [0.15, 0.2) is 12.5 Å². The number of nitriles is 1. The number of nitrogens with zero attached hydrogens (tertiary/aromatic N) is 1. The molecule has 0 aliphatic heterocycles. The fourth-order valence-electron chi connectivity index (χ4n) is 0.0962. The predicted octanol–water partition coefficient (Wildman–Crippen LogP) is 0.0514. The minimum atomic E-state index is -0.0648. The molecule has 0 saturated carbocycles. The first kappa shape index (κ1) is 11.1. The van der Waals surface area contributed by atoms with Gasteiger partial charge in [0.1, 0.15) is 0 Å². The zero-order valence-corrected chi connectivity index (χ0v) is 5.92. The van der Waals surface area contributed by atoms with Crippen LogP contribution >= 0.6 is 0 Å². The van der Waals surface area contributed by atoms with Crippen LogP contribution in [0.1, 0.15) is 6.92 Å². The van der Waals surface area contributed by atoms with Crippen LogP contribution in [0.15, 0.2) is 0 Å². The van der Waals surface area contributed by atoms with Gasteiger partial charge in [0, 0.05) is 14.2 Å². The fourth-order valence-corrected chi connectivity index (χ4v) is 0.0962. The van der Waals surface area contributed by atoms with Gasteiger partial charge in [0.2, 0.25) is 0 Å².